The first kappa shape index (κ1) is 17.7. The van der Waals surface area contributed by atoms with Crippen molar-refractivity contribution in [3.63, 3.8) is 0 Å². The predicted molar refractivity (Wildman–Crippen MR) is 98.0 cm³/mol. The van der Waals surface area contributed by atoms with Crippen molar-refractivity contribution in [3.05, 3.63) is 65.5 Å². The summed E-state index contributed by atoms with van der Waals surface area (Å²) in [6.07, 6.45) is 0. The van der Waals surface area contributed by atoms with Crippen LogP contribution in [0.4, 0.5) is 0 Å². The van der Waals surface area contributed by atoms with Gasteiger partial charge < -0.3 is 14.6 Å². The molecule has 0 bridgehead atoms. The van der Waals surface area contributed by atoms with E-state index in [-0.39, 0.29) is 5.91 Å². The Kier molecular flexibility index (Phi) is 5.31. The zero-order valence-electron chi connectivity index (χ0n) is 15.0. The van der Waals surface area contributed by atoms with Crippen molar-refractivity contribution in [2.45, 2.75) is 26.8 Å². The summed E-state index contributed by atoms with van der Waals surface area (Å²) in [6.45, 7) is 6.31. The van der Waals surface area contributed by atoms with Gasteiger partial charge in [0.1, 0.15) is 11.8 Å². The lowest BCUT2D eigenvalue weighted by atomic mass is 10.1. The summed E-state index contributed by atoms with van der Waals surface area (Å²) in [5, 5.41) is 6.87. The number of carbonyl (C=O) groups excluding carboxylic acids is 1. The van der Waals surface area contributed by atoms with Crippen LogP contribution >= 0.6 is 0 Å². The Morgan fingerprint density at radius 1 is 1.23 bits per heavy atom. The molecule has 0 spiro atoms. The van der Waals surface area contributed by atoms with Crippen LogP contribution < -0.4 is 10.1 Å². The maximum absolute atomic E-state index is 12.4. The summed E-state index contributed by atoms with van der Waals surface area (Å²) in [6, 6.07) is 14.4. The molecule has 0 aliphatic heterocycles. The molecule has 0 radical (unpaired) electrons. The molecule has 0 saturated carbocycles. The molecule has 1 heterocycles. The van der Waals surface area contributed by atoms with Crippen molar-refractivity contribution in [3.8, 4) is 17.1 Å². The van der Waals surface area contributed by atoms with Crippen LogP contribution in [0, 0.1) is 6.92 Å². The first-order valence-corrected chi connectivity index (χ1v) is 8.51. The van der Waals surface area contributed by atoms with E-state index in [1.807, 2.05) is 38.1 Å². The third-order valence-electron chi connectivity index (χ3n) is 3.86. The number of carbonyl (C=O) groups is 1. The number of hydrogen-bond acceptors (Lipinski definition) is 5. The minimum absolute atomic E-state index is 0.212. The van der Waals surface area contributed by atoms with E-state index in [2.05, 4.69) is 15.5 Å². The lowest BCUT2D eigenvalue weighted by molar-refractivity contribution is 0.0932. The van der Waals surface area contributed by atoms with Crippen LogP contribution in [0.25, 0.3) is 11.4 Å². The highest BCUT2D eigenvalue weighted by Crippen LogP contribution is 2.20. The molecule has 0 saturated heterocycles. The largest absolute Gasteiger partial charge is 0.494 e. The first-order valence-electron chi connectivity index (χ1n) is 8.51. The summed E-state index contributed by atoms with van der Waals surface area (Å²) < 4.78 is 10.7. The highest BCUT2D eigenvalue weighted by atomic mass is 16.5. The molecule has 26 heavy (non-hydrogen) atoms. The van der Waals surface area contributed by atoms with Crippen molar-refractivity contribution < 1.29 is 14.1 Å². The minimum atomic E-state index is -0.403. The Balaban J connectivity index is 1.68. The molecule has 3 aromatic rings. The molecule has 134 valence electrons. The number of aromatic nitrogens is 2. The highest BCUT2D eigenvalue weighted by molar-refractivity contribution is 5.94. The van der Waals surface area contributed by atoms with Gasteiger partial charge in [0.05, 0.1) is 6.61 Å². The quantitative estimate of drug-likeness (QED) is 0.728. The molecule has 1 N–H and O–H groups in total. The van der Waals surface area contributed by atoms with Crippen LogP contribution in [0.3, 0.4) is 0 Å². The fourth-order valence-corrected chi connectivity index (χ4v) is 2.52. The number of nitrogens with zero attached hydrogens (tertiary/aromatic N) is 2. The lowest BCUT2D eigenvalue weighted by Crippen LogP contribution is -2.26. The van der Waals surface area contributed by atoms with E-state index >= 15 is 0 Å². The number of hydrogen-bond donors (Lipinski definition) is 1. The maximum Gasteiger partial charge on any atom is 0.251 e. The van der Waals surface area contributed by atoms with Gasteiger partial charge in [0.15, 0.2) is 0 Å². The standard InChI is InChI=1S/C20H21N3O3/c1-4-25-17-10-8-15(9-11-17)19(24)21-14(3)20-22-18(23-26-20)16-7-5-6-13(2)12-16/h5-12,14H,4H2,1-3H3,(H,21,24). The molecule has 0 fully saturated rings. The molecule has 1 atom stereocenters. The smallest absolute Gasteiger partial charge is 0.251 e. The second kappa shape index (κ2) is 7.82. The van der Waals surface area contributed by atoms with Crippen molar-refractivity contribution in [1.29, 1.82) is 0 Å². The maximum atomic E-state index is 12.4. The van der Waals surface area contributed by atoms with E-state index in [4.69, 9.17) is 9.26 Å². The summed E-state index contributed by atoms with van der Waals surface area (Å²) in [7, 11) is 0. The van der Waals surface area contributed by atoms with Gasteiger partial charge in [-0.15, -0.1) is 0 Å². The lowest BCUT2D eigenvalue weighted by Gasteiger charge is -2.10. The second-order valence-electron chi connectivity index (χ2n) is 5.98. The first-order chi connectivity index (χ1) is 12.6. The van der Waals surface area contributed by atoms with Gasteiger partial charge in [0, 0.05) is 11.1 Å². The molecule has 1 unspecified atom stereocenters. The monoisotopic (exact) mass is 351 g/mol. The van der Waals surface area contributed by atoms with E-state index in [0.717, 1.165) is 16.9 Å². The normalized spacial score (nSPS) is 11.8. The van der Waals surface area contributed by atoms with Gasteiger partial charge in [0.2, 0.25) is 11.7 Å². The van der Waals surface area contributed by atoms with Crippen molar-refractivity contribution in [2.75, 3.05) is 6.61 Å². The molecule has 3 rings (SSSR count). The van der Waals surface area contributed by atoms with Crippen LogP contribution in [0.2, 0.25) is 0 Å². The van der Waals surface area contributed by atoms with Crippen molar-refractivity contribution in [1.82, 2.24) is 15.5 Å². The molecule has 0 aliphatic rings. The molecule has 6 heteroatoms. The molecular formula is C20H21N3O3. The number of amides is 1. The number of nitrogens with one attached hydrogen (secondary N) is 1. The summed E-state index contributed by atoms with van der Waals surface area (Å²) in [5.74, 6) is 1.39. The summed E-state index contributed by atoms with van der Waals surface area (Å²) in [5.41, 5.74) is 2.54. The number of rotatable bonds is 6. The van der Waals surface area contributed by atoms with Crippen LogP contribution in [-0.4, -0.2) is 22.7 Å². The van der Waals surface area contributed by atoms with Crippen LogP contribution in [0.5, 0.6) is 5.75 Å². The second-order valence-corrected chi connectivity index (χ2v) is 5.98. The number of ether oxygens (including phenoxy) is 1. The average Bonchev–Trinajstić information content (AvgIpc) is 3.13. The fourth-order valence-electron chi connectivity index (χ4n) is 2.52. The topological polar surface area (TPSA) is 77.2 Å². The van der Waals surface area contributed by atoms with E-state index in [9.17, 15) is 4.79 Å². The Hall–Kier alpha value is -3.15. The van der Waals surface area contributed by atoms with Gasteiger partial charge in [-0.25, -0.2) is 0 Å². The third kappa shape index (κ3) is 4.08. The molecule has 0 aliphatic carbocycles. The van der Waals surface area contributed by atoms with Gasteiger partial charge in [-0.1, -0.05) is 28.9 Å². The third-order valence-corrected chi connectivity index (χ3v) is 3.86. The van der Waals surface area contributed by atoms with Gasteiger partial charge in [-0.2, -0.15) is 4.98 Å². The van der Waals surface area contributed by atoms with Gasteiger partial charge in [-0.3, -0.25) is 4.79 Å². The van der Waals surface area contributed by atoms with Crippen molar-refractivity contribution >= 4 is 5.91 Å². The number of benzene rings is 2. The van der Waals surface area contributed by atoms with Crippen LogP contribution in [0.15, 0.2) is 53.1 Å². The van der Waals surface area contributed by atoms with E-state index in [1.54, 1.807) is 31.2 Å². The van der Waals surface area contributed by atoms with Gasteiger partial charge in [0.25, 0.3) is 5.91 Å². The molecule has 6 nitrogen and oxygen atoms in total. The Labute approximate surface area is 152 Å². The van der Waals surface area contributed by atoms with Crippen molar-refractivity contribution in [2.24, 2.45) is 0 Å². The van der Waals surface area contributed by atoms with Gasteiger partial charge in [-0.05, 0) is 51.1 Å². The molecule has 1 aromatic heterocycles. The van der Waals surface area contributed by atoms with E-state index in [0.29, 0.717) is 23.9 Å². The molecular weight excluding hydrogens is 330 g/mol. The zero-order valence-corrected chi connectivity index (χ0v) is 15.0. The van der Waals surface area contributed by atoms with E-state index < -0.39 is 6.04 Å². The number of aryl methyl sites for hydroxylation is 1. The van der Waals surface area contributed by atoms with Crippen LogP contribution in [-0.2, 0) is 0 Å². The minimum Gasteiger partial charge on any atom is -0.494 e. The molecule has 2 aromatic carbocycles. The van der Waals surface area contributed by atoms with E-state index in [1.165, 1.54) is 0 Å². The van der Waals surface area contributed by atoms with Gasteiger partial charge >= 0.3 is 0 Å². The zero-order chi connectivity index (χ0) is 18.5. The highest BCUT2D eigenvalue weighted by Gasteiger charge is 2.18. The summed E-state index contributed by atoms with van der Waals surface area (Å²) in [4.78, 5) is 16.8. The SMILES string of the molecule is CCOc1ccc(C(=O)NC(C)c2nc(-c3cccc(C)c3)no2)cc1. The van der Waals surface area contributed by atoms with Crippen LogP contribution in [0.1, 0.15) is 41.7 Å². The Morgan fingerprint density at radius 3 is 2.69 bits per heavy atom. The molecule has 1 amide bonds. The fraction of sp³-hybridized carbons (Fsp3) is 0.250. The average molecular weight is 351 g/mol. The predicted octanol–water partition coefficient (Wildman–Crippen LogP) is 3.93. The Morgan fingerprint density at radius 2 is 2.00 bits per heavy atom. The summed E-state index contributed by atoms with van der Waals surface area (Å²) >= 11 is 0. The Bertz CT molecular complexity index is 887.